The Bertz CT molecular complexity index is 491. The summed E-state index contributed by atoms with van der Waals surface area (Å²) in [7, 11) is 0. The number of piperidine rings is 1. The van der Waals surface area contributed by atoms with Gasteiger partial charge in [0.25, 0.3) is 5.91 Å². The number of benzene rings is 1. The highest BCUT2D eigenvalue weighted by atomic mass is 16.5. The van der Waals surface area contributed by atoms with E-state index in [4.69, 9.17) is 9.47 Å². The van der Waals surface area contributed by atoms with Gasteiger partial charge in [-0.1, -0.05) is 19.1 Å². The lowest BCUT2D eigenvalue weighted by atomic mass is 10.1. The summed E-state index contributed by atoms with van der Waals surface area (Å²) >= 11 is 0. The predicted molar refractivity (Wildman–Crippen MR) is 78.5 cm³/mol. The van der Waals surface area contributed by atoms with E-state index in [2.05, 4.69) is 0 Å². The molecule has 1 aromatic carbocycles. The highest BCUT2D eigenvalue weighted by Gasteiger charge is 2.21. The van der Waals surface area contributed by atoms with E-state index in [0.29, 0.717) is 44.0 Å². The van der Waals surface area contributed by atoms with Crippen LogP contribution in [0.1, 0.15) is 26.2 Å². The molecule has 0 unspecified atom stereocenters. The van der Waals surface area contributed by atoms with Gasteiger partial charge in [-0.2, -0.15) is 0 Å². The molecule has 1 aliphatic rings. The molecule has 5 nitrogen and oxygen atoms in total. The molecule has 0 N–H and O–H groups in total. The number of Topliss-reactive ketones (excluding diaryl/α,β-unsaturated/α-hetero) is 1. The molecule has 1 fully saturated rings. The summed E-state index contributed by atoms with van der Waals surface area (Å²) < 4.78 is 11.2. The fraction of sp³-hybridized carbons (Fsp3) is 0.500. The molecule has 0 spiro atoms. The monoisotopic (exact) mass is 291 g/mol. The van der Waals surface area contributed by atoms with E-state index >= 15 is 0 Å². The second-order valence-corrected chi connectivity index (χ2v) is 5.00. The molecule has 0 aliphatic carbocycles. The molecule has 1 saturated heterocycles. The third-order valence-electron chi connectivity index (χ3n) is 3.34. The minimum Gasteiger partial charge on any atom is -0.490 e. The Kier molecular flexibility index (Phi) is 5.60. The molecule has 1 heterocycles. The van der Waals surface area contributed by atoms with Gasteiger partial charge in [0.15, 0.2) is 18.1 Å². The normalized spacial score (nSPS) is 14.9. The molecule has 2 rings (SSSR count). The van der Waals surface area contributed by atoms with Crippen molar-refractivity contribution < 1.29 is 19.1 Å². The SMILES string of the molecule is CCCOc1ccccc1OCC(=O)N1CCC(=O)CC1. The zero-order valence-corrected chi connectivity index (χ0v) is 12.3. The number of carbonyl (C=O) groups is 2. The number of ether oxygens (including phenoxy) is 2. The van der Waals surface area contributed by atoms with Crippen molar-refractivity contribution in [2.45, 2.75) is 26.2 Å². The van der Waals surface area contributed by atoms with Gasteiger partial charge in [-0.05, 0) is 18.6 Å². The maximum absolute atomic E-state index is 12.1. The topological polar surface area (TPSA) is 55.8 Å². The standard InChI is InChI=1S/C16H21NO4/c1-2-11-20-14-5-3-4-6-15(14)21-12-16(19)17-9-7-13(18)8-10-17/h3-6H,2,7-12H2,1H3. The highest BCUT2D eigenvalue weighted by Crippen LogP contribution is 2.26. The molecule has 1 amide bonds. The van der Waals surface area contributed by atoms with Crippen LogP contribution in [0.4, 0.5) is 0 Å². The van der Waals surface area contributed by atoms with Gasteiger partial charge < -0.3 is 14.4 Å². The lowest BCUT2D eigenvalue weighted by Gasteiger charge is -2.26. The van der Waals surface area contributed by atoms with Crippen LogP contribution in [0.5, 0.6) is 11.5 Å². The van der Waals surface area contributed by atoms with E-state index in [1.807, 2.05) is 25.1 Å². The number of para-hydroxylation sites is 2. The van der Waals surface area contributed by atoms with Crippen molar-refractivity contribution in [2.24, 2.45) is 0 Å². The van der Waals surface area contributed by atoms with Gasteiger partial charge in [-0.3, -0.25) is 9.59 Å². The first kappa shape index (κ1) is 15.4. The third-order valence-corrected chi connectivity index (χ3v) is 3.34. The number of hydrogen-bond acceptors (Lipinski definition) is 4. The zero-order valence-electron chi connectivity index (χ0n) is 12.3. The van der Waals surface area contributed by atoms with Crippen molar-refractivity contribution >= 4 is 11.7 Å². The molecular weight excluding hydrogens is 270 g/mol. The van der Waals surface area contributed by atoms with E-state index < -0.39 is 0 Å². The minimum absolute atomic E-state index is 0.0271. The molecule has 0 bridgehead atoms. The van der Waals surface area contributed by atoms with E-state index in [1.54, 1.807) is 11.0 Å². The Morgan fingerprint density at radius 2 is 1.76 bits per heavy atom. The lowest BCUT2D eigenvalue weighted by Crippen LogP contribution is -2.41. The first-order valence-corrected chi connectivity index (χ1v) is 7.35. The van der Waals surface area contributed by atoms with E-state index in [0.717, 1.165) is 6.42 Å². The van der Waals surface area contributed by atoms with Crippen LogP contribution in [-0.4, -0.2) is 42.9 Å². The minimum atomic E-state index is -0.0900. The van der Waals surface area contributed by atoms with Crippen molar-refractivity contribution in [3.8, 4) is 11.5 Å². The average Bonchev–Trinajstić information content (AvgIpc) is 2.52. The number of ketones is 1. The quantitative estimate of drug-likeness (QED) is 0.805. The summed E-state index contributed by atoms with van der Waals surface area (Å²) in [6, 6.07) is 7.33. The number of likely N-dealkylation sites (tertiary alicyclic amines) is 1. The van der Waals surface area contributed by atoms with Gasteiger partial charge in [-0.15, -0.1) is 0 Å². The molecule has 114 valence electrons. The number of carbonyl (C=O) groups excluding carboxylic acids is 2. The number of amides is 1. The zero-order chi connectivity index (χ0) is 15.1. The summed E-state index contributed by atoms with van der Waals surface area (Å²) in [4.78, 5) is 24.9. The van der Waals surface area contributed by atoms with Gasteiger partial charge in [0, 0.05) is 25.9 Å². The van der Waals surface area contributed by atoms with Gasteiger partial charge >= 0.3 is 0 Å². The lowest BCUT2D eigenvalue weighted by molar-refractivity contribution is -0.136. The Morgan fingerprint density at radius 3 is 2.38 bits per heavy atom. The first-order chi connectivity index (χ1) is 10.2. The molecule has 1 aliphatic heterocycles. The predicted octanol–water partition coefficient (Wildman–Crippen LogP) is 2.05. The van der Waals surface area contributed by atoms with Crippen LogP contribution >= 0.6 is 0 Å². The Hall–Kier alpha value is -2.04. The Balaban J connectivity index is 1.87. The maximum atomic E-state index is 12.1. The van der Waals surface area contributed by atoms with Crippen molar-refractivity contribution in [1.29, 1.82) is 0 Å². The Labute approximate surface area is 124 Å². The van der Waals surface area contributed by atoms with Crippen LogP contribution in [-0.2, 0) is 9.59 Å². The van der Waals surface area contributed by atoms with Crippen molar-refractivity contribution in [3.63, 3.8) is 0 Å². The number of rotatable bonds is 6. The van der Waals surface area contributed by atoms with Crippen LogP contribution in [0.15, 0.2) is 24.3 Å². The number of nitrogens with zero attached hydrogens (tertiary/aromatic N) is 1. The van der Waals surface area contributed by atoms with Crippen molar-refractivity contribution in [1.82, 2.24) is 4.90 Å². The van der Waals surface area contributed by atoms with Crippen molar-refractivity contribution in [3.05, 3.63) is 24.3 Å². The van der Waals surface area contributed by atoms with Crippen molar-refractivity contribution in [2.75, 3.05) is 26.3 Å². The summed E-state index contributed by atoms with van der Waals surface area (Å²) in [6.45, 7) is 3.61. The molecule has 0 saturated carbocycles. The molecule has 0 atom stereocenters. The molecule has 21 heavy (non-hydrogen) atoms. The smallest absolute Gasteiger partial charge is 0.260 e. The largest absolute Gasteiger partial charge is 0.490 e. The summed E-state index contributed by atoms with van der Waals surface area (Å²) in [5.74, 6) is 1.36. The Morgan fingerprint density at radius 1 is 1.14 bits per heavy atom. The van der Waals surface area contributed by atoms with Crippen LogP contribution in [0.2, 0.25) is 0 Å². The summed E-state index contributed by atoms with van der Waals surface area (Å²) in [5, 5.41) is 0. The molecular formula is C16H21NO4. The average molecular weight is 291 g/mol. The van der Waals surface area contributed by atoms with E-state index in [-0.39, 0.29) is 18.3 Å². The van der Waals surface area contributed by atoms with Crippen LogP contribution < -0.4 is 9.47 Å². The molecule has 5 heteroatoms. The van der Waals surface area contributed by atoms with Crippen LogP contribution in [0.25, 0.3) is 0 Å². The molecule has 1 aromatic rings. The van der Waals surface area contributed by atoms with Gasteiger partial charge in [0.2, 0.25) is 0 Å². The van der Waals surface area contributed by atoms with Gasteiger partial charge in [-0.25, -0.2) is 0 Å². The third kappa shape index (κ3) is 4.48. The highest BCUT2D eigenvalue weighted by molar-refractivity contribution is 5.84. The fourth-order valence-corrected chi connectivity index (χ4v) is 2.14. The molecule has 0 aromatic heterocycles. The fourth-order valence-electron chi connectivity index (χ4n) is 2.14. The second kappa shape index (κ2) is 7.67. The van der Waals surface area contributed by atoms with Gasteiger partial charge in [0.1, 0.15) is 5.78 Å². The van der Waals surface area contributed by atoms with E-state index in [9.17, 15) is 9.59 Å². The van der Waals surface area contributed by atoms with Crippen LogP contribution in [0, 0.1) is 0 Å². The van der Waals surface area contributed by atoms with E-state index in [1.165, 1.54) is 0 Å². The van der Waals surface area contributed by atoms with Crippen LogP contribution in [0.3, 0.4) is 0 Å². The summed E-state index contributed by atoms with van der Waals surface area (Å²) in [6.07, 6.45) is 1.80. The molecule has 0 radical (unpaired) electrons. The van der Waals surface area contributed by atoms with Gasteiger partial charge in [0.05, 0.1) is 6.61 Å². The maximum Gasteiger partial charge on any atom is 0.260 e. The second-order valence-electron chi connectivity index (χ2n) is 5.00. The summed E-state index contributed by atoms with van der Waals surface area (Å²) in [5.41, 5.74) is 0. The first-order valence-electron chi connectivity index (χ1n) is 7.35. The number of hydrogen-bond donors (Lipinski definition) is 0.